The number of amides is 1. The van der Waals surface area contributed by atoms with E-state index in [9.17, 15) is 13.2 Å². The van der Waals surface area contributed by atoms with Gasteiger partial charge in [0.2, 0.25) is 5.91 Å². The number of nitrogens with one attached hydrogen (secondary N) is 2. The Hall–Kier alpha value is -2.13. The average molecular weight is 426 g/mol. The van der Waals surface area contributed by atoms with Gasteiger partial charge in [0.1, 0.15) is 0 Å². The fourth-order valence-electron chi connectivity index (χ4n) is 2.98. The van der Waals surface area contributed by atoms with Crippen molar-refractivity contribution >= 4 is 39.7 Å². The van der Waals surface area contributed by atoms with Gasteiger partial charge in [-0.25, -0.2) is 8.42 Å². The van der Waals surface area contributed by atoms with Crippen LogP contribution in [0.25, 0.3) is 0 Å². The molecule has 0 aliphatic carbocycles. The molecule has 1 fully saturated rings. The summed E-state index contributed by atoms with van der Waals surface area (Å²) in [5.41, 5.74) is 6.92. The normalized spacial score (nSPS) is 15.9. The lowest BCUT2D eigenvalue weighted by atomic mass is 9.92. The van der Waals surface area contributed by atoms with Crippen molar-refractivity contribution in [3.05, 3.63) is 54.6 Å². The summed E-state index contributed by atoms with van der Waals surface area (Å²) < 4.78 is 32.9. The van der Waals surface area contributed by atoms with Crippen LogP contribution in [0.15, 0.2) is 59.5 Å². The molecule has 2 aromatic carbocycles. The molecule has 28 heavy (non-hydrogen) atoms. The Bertz CT molecular complexity index is 887. The third-order valence-corrected chi connectivity index (χ3v) is 5.89. The molecule has 1 amide bonds. The molecule has 7 nitrogen and oxygen atoms in total. The van der Waals surface area contributed by atoms with Crippen LogP contribution in [0.3, 0.4) is 0 Å². The van der Waals surface area contributed by atoms with Gasteiger partial charge in [-0.2, -0.15) is 0 Å². The minimum atomic E-state index is -3.76. The van der Waals surface area contributed by atoms with Crippen LogP contribution in [0.2, 0.25) is 0 Å². The molecular weight excluding hydrogens is 402 g/mol. The van der Waals surface area contributed by atoms with Gasteiger partial charge in [-0.15, -0.1) is 12.4 Å². The summed E-state index contributed by atoms with van der Waals surface area (Å²) in [4.78, 5) is 12.5. The second-order valence-electron chi connectivity index (χ2n) is 6.46. The number of nitrogens with two attached hydrogens (primary N) is 1. The maximum atomic E-state index is 12.6. The Kier molecular flexibility index (Phi) is 7.82. The maximum Gasteiger partial charge on any atom is 0.261 e. The monoisotopic (exact) mass is 425 g/mol. The van der Waals surface area contributed by atoms with Crippen molar-refractivity contribution in [3.63, 3.8) is 0 Å². The van der Waals surface area contributed by atoms with Gasteiger partial charge in [0.25, 0.3) is 10.0 Å². The zero-order valence-electron chi connectivity index (χ0n) is 15.2. The number of hydrogen-bond acceptors (Lipinski definition) is 5. The van der Waals surface area contributed by atoms with E-state index in [1.807, 2.05) is 0 Å². The molecule has 0 saturated carbocycles. The number of sulfonamides is 1. The van der Waals surface area contributed by atoms with Crippen molar-refractivity contribution in [2.75, 3.05) is 23.3 Å². The zero-order valence-corrected chi connectivity index (χ0v) is 16.8. The zero-order chi connectivity index (χ0) is 19.3. The highest BCUT2D eigenvalue weighted by Crippen LogP contribution is 2.21. The average Bonchev–Trinajstić information content (AvgIpc) is 2.69. The summed E-state index contributed by atoms with van der Waals surface area (Å²) >= 11 is 0. The molecule has 0 spiro atoms. The number of halogens is 1. The molecule has 1 unspecified atom stereocenters. The first-order chi connectivity index (χ1) is 13.0. The second kappa shape index (κ2) is 9.88. The third-order valence-electron chi connectivity index (χ3n) is 4.51. The molecule has 2 aromatic rings. The van der Waals surface area contributed by atoms with Gasteiger partial charge >= 0.3 is 0 Å². The van der Waals surface area contributed by atoms with E-state index >= 15 is 0 Å². The van der Waals surface area contributed by atoms with Crippen LogP contribution in [0, 0.1) is 5.92 Å². The van der Waals surface area contributed by atoms with E-state index in [2.05, 4.69) is 10.0 Å². The van der Waals surface area contributed by atoms with Gasteiger partial charge in [0, 0.05) is 24.6 Å². The fourth-order valence-corrected chi connectivity index (χ4v) is 4.08. The number of para-hydroxylation sites is 1. The molecule has 0 bridgehead atoms. The third kappa shape index (κ3) is 5.68. The highest BCUT2D eigenvalue weighted by Gasteiger charge is 2.26. The molecule has 1 saturated heterocycles. The largest absolute Gasteiger partial charge is 0.381 e. The van der Waals surface area contributed by atoms with E-state index in [-0.39, 0.29) is 29.1 Å². The number of benzene rings is 2. The molecular formula is C19H24ClN3O4S. The Balaban J connectivity index is 0.00000280. The number of ether oxygens (including phenoxy) is 1. The quantitative estimate of drug-likeness (QED) is 0.658. The van der Waals surface area contributed by atoms with Crippen molar-refractivity contribution < 1.29 is 17.9 Å². The summed E-state index contributed by atoms with van der Waals surface area (Å²) in [7, 11) is -3.76. The molecule has 1 heterocycles. The van der Waals surface area contributed by atoms with Gasteiger partial charge in [0.05, 0.1) is 10.9 Å². The first-order valence-corrected chi connectivity index (χ1v) is 10.3. The molecule has 0 radical (unpaired) electrons. The van der Waals surface area contributed by atoms with E-state index in [1.165, 1.54) is 12.1 Å². The van der Waals surface area contributed by atoms with Crippen LogP contribution in [0.5, 0.6) is 0 Å². The molecule has 9 heteroatoms. The molecule has 1 aliphatic rings. The van der Waals surface area contributed by atoms with E-state index < -0.39 is 16.1 Å². The predicted octanol–water partition coefficient (Wildman–Crippen LogP) is 2.60. The summed E-state index contributed by atoms with van der Waals surface area (Å²) in [6, 6.07) is 14.1. The molecule has 1 aliphatic heterocycles. The van der Waals surface area contributed by atoms with Crippen molar-refractivity contribution in [2.24, 2.45) is 11.7 Å². The number of carbonyl (C=O) groups is 1. The van der Waals surface area contributed by atoms with Gasteiger partial charge in [-0.3, -0.25) is 9.52 Å². The summed E-state index contributed by atoms with van der Waals surface area (Å²) in [6.45, 7) is 1.20. The number of hydrogen-bond donors (Lipinski definition) is 3. The van der Waals surface area contributed by atoms with Gasteiger partial charge in [-0.05, 0) is 49.1 Å². The van der Waals surface area contributed by atoms with Gasteiger partial charge < -0.3 is 15.8 Å². The van der Waals surface area contributed by atoms with Crippen LogP contribution in [-0.2, 0) is 19.6 Å². The highest BCUT2D eigenvalue weighted by atomic mass is 35.5. The van der Waals surface area contributed by atoms with Crippen molar-refractivity contribution in [2.45, 2.75) is 23.8 Å². The summed E-state index contributed by atoms with van der Waals surface area (Å²) in [5, 5.41) is 2.72. The van der Waals surface area contributed by atoms with E-state index in [4.69, 9.17) is 10.5 Å². The smallest absolute Gasteiger partial charge is 0.261 e. The van der Waals surface area contributed by atoms with Crippen LogP contribution in [0.1, 0.15) is 12.8 Å². The van der Waals surface area contributed by atoms with Crippen LogP contribution < -0.4 is 15.8 Å². The number of anilines is 2. The standard InChI is InChI=1S/C19H23N3O4S.ClH/c20-18(14-9-11-26-12-10-14)19(23)21-16-7-4-8-17(13-16)27(24,25)22-15-5-2-1-3-6-15;/h1-8,13-14,18,22H,9-12,20H2,(H,21,23);1H. The lowest BCUT2D eigenvalue weighted by molar-refractivity contribution is -0.119. The fraction of sp³-hybridized carbons (Fsp3) is 0.316. The highest BCUT2D eigenvalue weighted by molar-refractivity contribution is 7.92. The van der Waals surface area contributed by atoms with Crippen LogP contribution >= 0.6 is 12.4 Å². The Labute approximate surface area is 171 Å². The number of rotatable bonds is 6. The summed E-state index contributed by atoms with van der Waals surface area (Å²) in [5.74, 6) is -0.266. The molecule has 1 atom stereocenters. The minimum Gasteiger partial charge on any atom is -0.381 e. The molecule has 4 N–H and O–H groups in total. The Morgan fingerprint density at radius 3 is 2.36 bits per heavy atom. The van der Waals surface area contributed by atoms with Crippen molar-refractivity contribution in [3.8, 4) is 0 Å². The topological polar surface area (TPSA) is 111 Å². The molecule has 0 aromatic heterocycles. The SMILES string of the molecule is Cl.NC(C(=O)Nc1cccc(S(=O)(=O)Nc2ccccc2)c1)C1CCOCC1. The minimum absolute atomic E-state index is 0. The number of carbonyl (C=O) groups excluding carboxylic acids is 1. The van der Waals surface area contributed by atoms with E-state index in [0.29, 0.717) is 24.6 Å². The first-order valence-electron chi connectivity index (χ1n) is 8.78. The van der Waals surface area contributed by atoms with E-state index in [0.717, 1.165) is 12.8 Å². The van der Waals surface area contributed by atoms with Crippen LogP contribution in [-0.4, -0.2) is 33.6 Å². The van der Waals surface area contributed by atoms with Crippen molar-refractivity contribution in [1.29, 1.82) is 0 Å². The van der Waals surface area contributed by atoms with E-state index in [1.54, 1.807) is 42.5 Å². The second-order valence-corrected chi connectivity index (χ2v) is 8.15. The molecule has 152 valence electrons. The molecule has 3 rings (SSSR count). The summed E-state index contributed by atoms with van der Waals surface area (Å²) in [6.07, 6.45) is 1.48. The van der Waals surface area contributed by atoms with Gasteiger partial charge in [-0.1, -0.05) is 24.3 Å². The van der Waals surface area contributed by atoms with Crippen molar-refractivity contribution in [1.82, 2.24) is 0 Å². The predicted molar refractivity (Wildman–Crippen MR) is 111 cm³/mol. The first kappa shape index (κ1) is 22.2. The Morgan fingerprint density at radius 1 is 1.04 bits per heavy atom. The lowest BCUT2D eigenvalue weighted by Crippen LogP contribution is -2.44. The maximum absolute atomic E-state index is 12.6. The Morgan fingerprint density at radius 2 is 1.68 bits per heavy atom. The lowest BCUT2D eigenvalue weighted by Gasteiger charge is -2.26. The van der Waals surface area contributed by atoms with Gasteiger partial charge in [0.15, 0.2) is 0 Å². The van der Waals surface area contributed by atoms with Crippen LogP contribution in [0.4, 0.5) is 11.4 Å².